The predicted molar refractivity (Wildman–Crippen MR) is 65.4 cm³/mol. The number of aromatic nitrogens is 2. The molecule has 0 amide bonds. The van der Waals surface area contributed by atoms with Gasteiger partial charge < -0.3 is 4.79 Å². The van der Waals surface area contributed by atoms with E-state index in [1.807, 2.05) is 24.3 Å². The molecule has 2 rings (SSSR count). The van der Waals surface area contributed by atoms with Gasteiger partial charge in [0.2, 0.25) is 0 Å². The highest BCUT2D eigenvalue weighted by molar-refractivity contribution is 5.55. The Kier molecular flexibility index (Phi) is 3.97. The molecular formula is C14H14N2O. The fraction of sp³-hybridized carbons (Fsp3) is 0.214. The average molecular weight is 226 g/mol. The van der Waals surface area contributed by atoms with Gasteiger partial charge in [-0.05, 0) is 36.1 Å². The van der Waals surface area contributed by atoms with Crippen LogP contribution in [0.5, 0.6) is 0 Å². The molecule has 0 aliphatic heterocycles. The maximum Gasteiger partial charge on any atom is 0.123 e. The van der Waals surface area contributed by atoms with Gasteiger partial charge >= 0.3 is 0 Å². The highest BCUT2D eigenvalue weighted by atomic mass is 16.1. The first kappa shape index (κ1) is 11.5. The van der Waals surface area contributed by atoms with Crippen molar-refractivity contribution in [3.05, 3.63) is 60.2 Å². The molecule has 2 aromatic rings. The fourth-order valence-electron chi connectivity index (χ4n) is 1.81. The fourth-order valence-corrected chi connectivity index (χ4v) is 1.81. The molecule has 0 aromatic carbocycles. The molecule has 2 aromatic heterocycles. The molecule has 86 valence electrons. The van der Waals surface area contributed by atoms with E-state index in [1.54, 1.807) is 24.8 Å². The zero-order valence-corrected chi connectivity index (χ0v) is 9.49. The Morgan fingerprint density at radius 1 is 1.00 bits per heavy atom. The van der Waals surface area contributed by atoms with Crippen molar-refractivity contribution >= 4 is 6.29 Å². The lowest BCUT2D eigenvalue weighted by atomic mass is 9.95. The van der Waals surface area contributed by atoms with Gasteiger partial charge in [0.1, 0.15) is 6.29 Å². The Morgan fingerprint density at radius 2 is 1.53 bits per heavy atom. The minimum atomic E-state index is -0.0107. The van der Waals surface area contributed by atoms with Crippen molar-refractivity contribution in [1.29, 1.82) is 0 Å². The summed E-state index contributed by atoms with van der Waals surface area (Å²) >= 11 is 0. The lowest BCUT2D eigenvalue weighted by molar-refractivity contribution is -0.111. The molecule has 17 heavy (non-hydrogen) atoms. The molecule has 0 atom stereocenters. The molecule has 0 aliphatic rings. The minimum absolute atomic E-state index is 0.0107. The molecule has 0 N–H and O–H groups in total. The van der Waals surface area contributed by atoms with E-state index in [2.05, 4.69) is 9.97 Å². The SMILES string of the molecule is O=CC(Cc1cccnc1)Cc1cccnc1. The summed E-state index contributed by atoms with van der Waals surface area (Å²) < 4.78 is 0. The van der Waals surface area contributed by atoms with Gasteiger partial charge in [0.15, 0.2) is 0 Å². The van der Waals surface area contributed by atoms with Gasteiger partial charge in [0.05, 0.1) is 0 Å². The van der Waals surface area contributed by atoms with Crippen molar-refractivity contribution in [2.24, 2.45) is 5.92 Å². The third kappa shape index (κ3) is 3.48. The van der Waals surface area contributed by atoms with Crippen LogP contribution in [0.1, 0.15) is 11.1 Å². The van der Waals surface area contributed by atoms with Gasteiger partial charge in [0.25, 0.3) is 0 Å². The molecule has 0 bridgehead atoms. The lowest BCUT2D eigenvalue weighted by Gasteiger charge is -2.09. The maximum absolute atomic E-state index is 11.1. The van der Waals surface area contributed by atoms with Gasteiger partial charge in [-0.15, -0.1) is 0 Å². The zero-order chi connectivity index (χ0) is 11.9. The van der Waals surface area contributed by atoms with Gasteiger partial charge in [-0.25, -0.2) is 0 Å². The predicted octanol–water partition coefficient (Wildman–Crippen LogP) is 2.08. The number of aldehydes is 1. The number of rotatable bonds is 5. The van der Waals surface area contributed by atoms with E-state index in [9.17, 15) is 4.79 Å². The summed E-state index contributed by atoms with van der Waals surface area (Å²) in [5, 5.41) is 0. The maximum atomic E-state index is 11.1. The first-order chi connectivity index (χ1) is 8.38. The first-order valence-corrected chi connectivity index (χ1v) is 5.61. The Morgan fingerprint density at radius 3 is 1.88 bits per heavy atom. The standard InChI is InChI=1S/C14H14N2O/c17-11-14(7-12-3-1-5-15-9-12)8-13-4-2-6-16-10-13/h1-6,9-11,14H,7-8H2. The Labute approximate surface area is 101 Å². The lowest BCUT2D eigenvalue weighted by Crippen LogP contribution is -2.10. The van der Waals surface area contributed by atoms with Crippen molar-refractivity contribution in [1.82, 2.24) is 9.97 Å². The van der Waals surface area contributed by atoms with E-state index in [1.165, 1.54) is 0 Å². The monoisotopic (exact) mass is 226 g/mol. The van der Waals surface area contributed by atoms with Crippen molar-refractivity contribution < 1.29 is 4.79 Å². The average Bonchev–Trinajstić information content (AvgIpc) is 2.40. The van der Waals surface area contributed by atoms with Crippen molar-refractivity contribution in [2.45, 2.75) is 12.8 Å². The molecule has 0 aliphatic carbocycles. The van der Waals surface area contributed by atoms with Crippen LogP contribution in [0.3, 0.4) is 0 Å². The Hall–Kier alpha value is -2.03. The number of nitrogens with zero attached hydrogens (tertiary/aromatic N) is 2. The van der Waals surface area contributed by atoms with Gasteiger partial charge in [-0.1, -0.05) is 12.1 Å². The number of pyridine rings is 2. The summed E-state index contributed by atoms with van der Waals surface area (Å²) in [5.41, 5.74) is 2.18. The second-order valence-corrected chi connectivity index (χ2v) is 4.03. The number of carbonyl (C=O) groups excluding carboxylic acids is 1. The smallest absolute Gasteiger partial charge is 0.123 e. The van der Waals surface area contributed by atoms with Crippen LogP contribution in [0.25, 0.3) is 0 Å². The second-order valence-electron chi connectivity index (χ2n) is 4.03. The summed E-state index contributed by atoms with van der Waals surface area (Å²) in [7, 11) is 0. The Balaban J connectivity index is 2.01. The van der Waals surface area contributed by atoms with Crippen LogP contribution in [0.4, 0.5) is 0 Å². The first-order valence-electron chi connectivity index (χ1n) is 5.61. The molecular weight excluding hydrogens is 212 g/mol. The van der Waals surface area contributed by atoms with E-state index in [0.29, 0.717) is 0 Å². The van der Waals surface area contributed by atoms with Gasteiger partial charge in [0, 0.05) is 30.7 Å². The van der Waals surface area contributed by atoms with E-state index in [-0.39, 0.29) is 5.92 Å². The molecule has 2 heterocycles. The van der Waals surface area contributed by atoms with Crippen molar-refractivity contribution in [3.63, 3.8) is 0 Å². The molecule has 3 heteroatoms. The largest absolute Gasteiger partial charge is 0.303 e. The quantitative estimate of drug-likeness (QED) is 0.733. The Bertz CT molecular complexity index is 415. The van der Waals surface area contributed by atoms with Crippen molar-refractivity contribution in [3.8, 4) is 0 Å². The summed E-state index contributed by atoms with van der Waals surface area (Å²) in [6.07, 6.45) is 9.55. The zero-order valence-electron chi connectivity index (χ0n) is 9.49. The normalized spacial score (nSPS) is 10.4. The summed E-state index contributed by atoms with van der Waals surface area (Å²) in [6.45, 7) is 0. The molecule has 0 radical (unpaired) electrons. The van der Waals surface area contributed by atoms with Gasteiger partial charge in [-0.2, -0.15) is 0 Å². The second kappa shape index (κ2) is 5.89. The van der Waals surface area contributed by atoms with E-state index in [4.69, 9.17) is 0 Å². The van der Waals surface area contributed by atoms with Crippen molar-refractivity contribution in [2.75, 3.05) is 0 Å². The van der Waals surface area contributed by atoms with Crippen LogP contribution in [0, 0.1) is 5.92 Å². The molecule has 0 saturated carbocycles. The number of hydrogen-bond acceptors (Lipinski definition) is 3. The summed E-state index contributed by atoms with van der Waals surface area (Å²) in [6, 6.07) is 7.77. The van der Waals surface area contributed by atoms with Crippen LogP contribution in [0.2, 0.25) is 0 Å². The van der Waals surface area contributed by atoms with Crippen LogP contribution in [-0.2, 0) is 17.6 Å². The molecule has 0 unspecified atom stereocenters. The molecule has 0 spiro atoms. The molecule has 0 saturated heterocycles. The van der Waals surface area contributed by atoms with E-state index < -0.39 is 0 Å². The van der Waals surface area contributed by atoms with Gasteiger partial charge in [-0.3, -0.25) is 9.97 Å². The summed E-state index contributed by atoms with van der Waals surface area (Å²) in [5.74, 6) is -0.0107. The third-order valence-corrected chi connectivity index (χ3v) is 2.63. The van der Waals surface area contributed by atoms with E-state index >= 15 is 0 Å². The summed E-state index contributed by atoms with van der Waals surface area (Å²) in [4.78, 5) is 19.2. The van der Waals surface area contributed by atoms with Crippen LogP contribution >= 0.6 is 0 Å². The number of hydrogen-bond donors (Lipinski definition) is 0. The minimum Gasteiger partial charge on any atom is -0.303 e. The van der Waals surface area contributed by atoms with E-state index in [0.717, 1.165) is 30.3 Å². The molecule has 0 fully saturated rings. The highest BCUT2D eigenvalue weighted by Crippen LogP contribution is 2.11. The molecule has 3 nitrogen and oxygen atoms in total. The number of carbonyl (C=O) groups is 1. The third-order valence-electron chi connectivity index (χ3n) is 2.63. The van der Waals surface area contributed by atoms with Crippen LogP contribution < -0.4 is 0 Å². The topological polar surface area (TPSA) is 42.9 Å². The highest BCUT2D eigenvalue weighted by Gasteiger charge is 2.09. The van der Waals surface area contributed by atoms with Crippen LogP contribution in [-0.4, -0.2) is 16.3 Å². The van der Waals surface area contributed by atoms with Crippen LogP contribution in [0.15, 0.2) is 49.1 Å².